The van der Waals surface area contributed by atoms with Crippen LogP contribution in [0, 0.1) is 0 Å². The summed E-state index contributed by atoms with van der Waals surface area (Å²) in [4.78, 5) is 17.6. The lowest BCUT2D eigenvalue weighted by molar-refractivity contribution is 0.819. The van der Waals surface area contributed by atoms with Crippen molar-refractivity contribution in [2.24, 2.45) is 0 Å². The summed E-state index contributed by atoms with van der Waals surface area (Å²) in [5, 5.41) is 5.24. The largest absolute Gasteiger partial charge is 0.371 e. The molecule has 1 aromatic carbocycles. The van der Waals surface area contributed by atoms with Gasteiger partial charge in [0.25, 0.3) is 0 Å². The van der Waals surface area contributed by atoms with Gasteiger partial charge in [0.1, 0.15) is 5.82 Å². The van der Waals surface area contributed by atoms with Crippen LogP contribution in [-0.2, 0) is 0 Å². The Morgan fingerprint density at radius 3 is 2.79 bits per heavy atom. The molecule has 0 fully saturated rings. The predicted octanol–water partition coefficient (Wildman–Crippen LogP) is 5.05. The van der Waals surface area contributed by atoms with E-state index >= 15 is 0 Å². The molecule has 0 bridgehead atoms. The first kappa shape index (κ1) is 17.5. The van der Waals surface area contributed by atoms with E-state index in [0.717, 1.165) is 44.5 Å². The maximum Gasteiger partial charge on any atom is 0.191 e. The highest BCUT2D eigenvalue weighted by molar-refractivity contribution is 9.13. The lowest BCUT2D eigenvalue weighted by atomic mass is 10.2. The van der Waals surface area contributed by atoms with Gasteiger partial charge in [-0.05, 0) is 56.5 Å². The highest BCUT2D eigenvalue weighted by atomic mass is 79.9. The smallest absolute Gasteiger partial charge is 0.191 e. The zero-order valence-corrected chi connectivity index (χ0v) is 17.1. The Bertz CT molecular complexity index is 887. The first-order valence-corrected chi connectivity index (χ1v) is 9.97. The number of aromatic amines is 1. The molecule has 0 spiro atoms. The van der Waals surface area contributed by atoms with E-state index in [1.54, 1.807) is 17.4 Å². The van der Waals surface area contributed by atoms with Crippen LogP contribution < -0.4 is 15.6 Å². The quantitative estimate of drug-likeness (QED) is 0.495. The van der Waals surface area contributed by atoms with E-state index in [2.05, 4.69) is 60.2 Å². The number of hydrogen-bond donors (Lipinski definition) is 2. The van der Waals surface area contributed by atoms with Gasteiger partial charge in [-0.3, -0.25) is 4.79 Å². The summed E-state index contributed by atoms with van der Waals surface area (Å²) in [5.74, 6) is 0.767. The van der Waals surface area contributed by atoms with Gasteiger partial charge >= 0.3 is 0 Å². The summed E-state index contributed by atoms with van der Waals surface area (Å²) in [7, 11) is 2.09. The first-order chi connectivity index (χ1) is 11.5. The fourth-order valence-corrected chi connectivity index (χ4v) is 4.45. The van der Waals surface area contributed by atoms with Crippen LogP contribution in [0.5, 0.6) is 0 Å². The zero-order chi connectivity index (χ0) is 17.1. The topological polar surface area (TPSA) is 48.1 Å². The van der Waals surface area contributed by atoms with E-state index in [1.165, 1.54) is 5.00 Å². The first-order valence-electron chi connectivity index (χ1n) is 7.56. The number of nitrogens with one attached hydrogen (secondary N) is 2. The molecular formula is C17H17Br2N3OS. The second-order valence-corrected chi connectivity index (χ2v) is 8.70. The third-order valence-corrected chi connectivity index (χ3v) is 7.10. The highest BCUT2D eigenvalue weighted by Gasteiger charge is 2.08. The molecule has 126 valence electrons. The Morgan fingerprint density at radius 2 is 2.04 bits per heavy atom. The average molecular weight is 471 g/mol. The molecule has 2 heterocycles. The van der Waals surface area contributed by atoms with E-state index in [0.29, 0.717) is 0 Å². The molecule has 2 aromatic heterocycles. The summed E-state index contributed by atoms with van der Waals surface area (Å²) in [6.45, 7) is 1.73. The number of H-pyrrole nitrogens is 1. The minimum absolute atomic E-state index is 0.0391. The molecule has 0 aliphatic rings. The monoisotopic (exact) mass is 469 g/mol. The molecule has 0 saturated carbocycles. The molecule has 2 N–H and O–H groups in total. The number of benzene rings is 1. The van der Waals surface area contributed by atoms with Crippen molar-refractivity contribution < 1.29 is 0 Å². The fraction of sp³-hybridized carbons (Fsp3) is 0.235. The number of halogens is 2. The molecule has 0 saturated heterocycles. The Kier molecular flexibility index (Phi) is 5.63. The number of nitrogens with zero attached hydrogens (tertiary/aromatic N) is 1. The zero-order valence-electron chi connectivity index (χ0n) is 13.1. The number of hydrogen-bond acceptors (Lipinski definition) is 4. The Labute approximate surface area is 161 Å². The van der Waals surface area contributed by atoms with E-state index in [4.69, 9.17) is 0 Å². The molecular weight excluding hydrogens is 454 g/mol. The molecule has 0 aliphatic carbocycles. The molecule has 0 unspecified atom stereocenters. The number of anilines is 2. The van der Waals surface area contributed by atoms with Crippen molar-refractivity contribution in [2.75, 3.05) is 30.4 Å². The molecule has 24 heavy (non-hydrogen) atoms. The van der Waals surface area contributed by atoms with Crippen molar-refractivity contribution in [3.63, 3.8) is 0 Å². The van der Waals surface area contributed by atoms with Gasteiger partial charge in [-0.2, -0.15) is 0 Å². The number of rotatable bonds is 6. The van der Waals surface area contributed by atoms with Crippen molar-refractivity contribution in [3.8, 4) is 0 Å². The third kappa shape index (κ3) is 4.02. The van der Waals surface area contributed by atoms with E-state index < -0.39 is 0 Å². The maximum absolute atomic E-state index is 12.1. The maximum atomic E-state index is 12.1. The molecule has 0 atom stereocenters. The van der Waals surface area contributed by atoms with Crippen LogP contribution in [0.1, 0.15) is 6.42 Å². The molecule has 0 radical (unpaired) electrons. The SMILES string of the molecule is CN(CCCNc1cc(=O)c2ccccc2[nH]1)c1cc(Br)c(Br)s1. The number of pyridine rings is 1. The van der Waals surface area contributed by atoms with Crippen LogP contribution >= 0.6 is 43.2 Å². The van der Waals surface area contributed by atoms with Crippen LogP contribution in [0.3, 0.4) is 0 Å². The molecule has 0 aliphatic heterocycles. The van der Waals surface area contributed by atoms with Gasteiger partial charge < -0.3 is 15.2 Å². The van der Waals surface area contributed by atoms with E-state index in [9.17, 15) is 4.79 Å². The molecule has 3 rings (SSSR count). The predicted molar refractivity (Wildman–Crippen MR) is 111 cm³/mol. The number of fused-ring (bicyclic) bond motifs is 1. The van der Waals surface area contributed by atoms with E-state index in [1.807, 2.05) is 24.3 Å². The Balaban J connectivity index is 1.56. The minimum Gasteiger partial charge on any atom is -0.371 e. The van der Waals surface area contributed by atoms with Gasteiger partial charge in [-0.25, -0.2) is 0 Å². The van der Waals surface area contributed by atoms with Gasteiger partial charge in [0.15, 0.2) is 5.43 Å². The van der Waals surface area contributed by atoms with Crippen LogP contribution in [0.25, 0.3) is 10.9 Å². The van der Waals surface area contributed by atoms with Crippen molar-refractivity contribution in [1.29, 1.82) is 0 Å². The highest BCUT2D eigenvalue weighted by Crippen LogP contribution is 2.37. The minimum atomic E-state index is 0.0391. The van der Waals surface area contributed by atoms with Crippen LogP contribution in [-0.4, -0.2) is 25.1 Å². The molecule has 0 amide bonds. The van der Waals surface area contributed by atoms with Gasteiger partial charge in [-0.15, -0.1) is 11.3 Å². The van der Waals surface area contributed by atoms with Gasteiger partial charge in [-0.1, -0.05) is 12.1 Å². The Morgan fingerprint density at radius 1 is 1.25 bits per heavy atom. The summed E-state index contributed by atoms with van der Waals surface area (Å²) in [6, 6.07) is 11.3. The third-order valence-electron chi connectivity index (χ3n) is 3.73. The summed E-state index contributed by atoms with van der Waals surface area (Å²) in [5.41, 5.74) is 0.898. The Hall–Kier alpha value is -1.31. The second kappa shape index (κ2) is 7.72. The fourth-order valence-electron chi connectivity index (χ4n) is 2.46. The van der Waals surface area contributed by atoms with Crippen LogP contribution in [0.2, 0.25) is 0 Å². The molecule has 7 heteroatoms. The van der Waals surface area contributed by atoms with Gasteiger partial charge in [0, 0.05) is 36.1 Å². The normalized spacial score (nSPS) is 11.0. The lowest BCUT2D eigenvalue weighted by Gasteiger charge is -2.17. The van der Waals surface area contributed by atoms with Crippen molar-refractivity contribution >= 4 is 64.9 Å². The number of thiophene rings is 1. The summed E-state index contributed by atoms with van der Waals surface area (Å²) in [6.07, 6.45) is 0.971. The van der Waals surface area contributed by atoms with E-state index in [-0.39, 0.29) is 5.43 Å². The second-order valence-electron chi connectivity index (χ2n) is 5.50. The summed E-state index contributed by atoms with van der Waals surface area (Å²) >= 11 is 8.74. The van der Waals surface area contributed by atoms with Gasteiger partial charge in [0.2, 0.25) is 0 Å². The number of aromatic nitrogens is 1. The van der Waals surface area contributed by atoms with Crippen molar-refractivity contribution in [2.45, 2.75) is 6.42 Å². The number of para-hydroxylation sites is 1. The van der Waals surface area contributed by atoms with Crippen molar-refractivity contribution in [3.05, 3.63) is 54.9 Å². The van der Waals surface area contributed by atoms with Crippen LogP contribution in [0.4, 0.5) is 10.8 Å². The molecule has 3 aromatic rings. The van der Waals surface area contributed by atoms with Crippen molar-refractivity contribution in [1.82, 2.24) is 4.98 Å². The van der Waals surface area contributed by atoms with Crippen LogP contribution in [0.15, 0.2) is 49.5 Å². The van der Waals surface area contributed by atoms with Gasteiger partial charge in [0.05, 0.1) is 14.3 Å². The lowest BCUT2D eigenvalue weighted by Crippen LogP contribution is -2.20. The molecule has 4 nitrogen and oxygen atoms in total. The summed E-state index contributed by atoms with van der Waals surface area (Å²) < 4.78 is 2.19. The average Bonchev–Trinajstić information content (AvgIpc) is 2.91. The standard InChI is InChI=1S/C17H17Br2N3OS/c1-22(16-9-12(18)17(19)24-16)8-4-7-20-15-10-14(23)11-5-2-3-6-13(11)21-15/h2-3,5-6,9-10H,4,7-8H2,1H3,(H2,20,21,23).